The van der Waals surface area contributed by atoms with Gasteiger partial charge in [-0.05, 0) is 130 Å². The van der Waals surface area contributed by atoms with Crippen LogP contribution < -0.4 is 16.8 Å². The second kappa shape index (κ2) is 53.5. The molecular formula is C93H140N12O23. The minimum atomic E-state index is -2.11. The summed E-state index contributed by atoms with van der Waals surface area (Å²) < 4.78 is 77.1. The number of fused-ring (bicyclic) bond motifs is 6. The Balaban J connectivity index is 0.575. The van der Waals surface area contributed by atoms with Gasteiger partial charge in [0.1, 0.15) is 61.2 Å². The van der Waals surface area contributed by atoms with Crippen LogP contribution in [0.1, 0.15) is 142 Å². The number of nitrogens with zero attached hydrogens (tertiary/aromatic N) is 8. The number of methoxy groups -OCH3 is 2. The van der Waals surface area contributed by atoms with Crippen LogP contribution in [0.15, 0.2) is 102 Å². The van der Waals surface area contributed by atoms with E-state index in [1.807, 2.05) is 84.0 Å². The molecule has 710 valence electrons. The smallest absolute Gasteiger partial charge is 0.323 e. The SMILES string of the molecule is CO[C@H]1C[C@@H]2CC[C@@H](C)[C@@](O)(O2)C(=O)COCN2CCCC[C@H]2C(=O)O[C@H]([C@H](N)C[C@@H]2CC[C@@H](O)[C@H](OC)C2)C[C@@H](O)[C@H](C)/C=C(\C)[C@@H](O)[C@@H](O)/C(=N/OCC(=O)NCCOCCOCCOCCOCCOCCOCCOCCOCCC(=O)N2CCc3cc(Cn4nc(-c5cnc6[nH]ccc6c5)c5c(N)ncnc54)ccc3C2)[C@H](C)C[C@H](C)/C=C/C=C/C=C1C. The normalized spacial score (nSPS) is 27.7. The van der Waals surface area contributed by atoms with Crippen molar-refractivity contribution in [1.82, 2.24) is 44.8 Å². The van der Waals surface area contributed by atoms with Gasteiger partial charge >= 0.3 is 5.97 Å². The number of nitrogen functional groups attached to an aromatic ring is 1. The van der Waals surface area contributed by atoms with E-state index in [1.165, 1.54) is 11.9 Å². The first-order chi connectivity index (χ1) is 61.9. The summed E-state index contributed by atoms with van der Waals surface area (Å²) in [5, 5.41) is 72.2. The number of aliphatic hydroxyl groups is 5. The number of Topliss-reactive ketones (excluding diaryl/α,β-unsaturated/α-hetero) is 1. The fraction of sp³-hybridized carbons (Fsp3) is 0.667. The van der Waals surface area contributed by atoms with E-state index in [4.69, 9.17) is 83.0 Å². The number of nitrogens with one attached hydrogen (secondary N) is 2. The molecule has 1 aliphatic carbocycles. The molecule has 35 heteroatoms. The first kappa shape index (κ1) is 102. The molecule has 4 aromatic heterocycles. The van der Waals surface area contributed by atoms with Crippen LogP contribution >= 0.6 is 0 Å². The number of cyclic esters (lactones) is 1. The molecule has 16 atom stereocenters. The summed E-state index contributed by atoms with van der Waals surface area (Å²) in [6.07, 6.45) is 16.1. The molecule has 1 aromatic carbocycles. The van der Waals surface area contributed by atoms with Gasteiger partial charge in [0.2, 0.25) is 17.5 Å². The Kier molecular flexibility index (Phi) is 42.7. The average Bonchev–Trinajstić information content (AvgIpc) is 1.64. The van der Waals surface area contributed by atoms with Crippen LogP contribution in [0.5, 0.6) is 0 Å². The maximum atomic E-state index is 14.5. The zero-order chi connectivity index (χ0) is 91.3. The van der Waals surface area contributed by atoms with Gasteiger partial charge < -0.3 is 119 Å². The number of benzene rings is 1. The number of carbonyl (C=O) groups excluding carboxylic acids is 4. The van der Waals surface area contributed by atoms with E-state index in [2.05, 4.69) is 48.6 Å². The van der Waals surface area contributed by atoms with Gasteiger partial charge in [-0.1, -0.05) is 93.9 Å². The maximum absolute atomic E-state index is 14.5. The number of hydrogen-bond acceptors (Lipinski definition) is 31. The summed E-state index contributed by atoms with van der Waals surface area (Å²) in [7, 11) is 3.16. The summed E-state index contributed by atoms with van der Waals surface area (Å²) >= 11 is 0. The van der Waals surface area contributed by atoms with E-state index in [0.717, 1.165) is 52.6 Å². The number of esters is 1. The summed E-state index contributed by atoms with van der Waals surface area (Å²) in [6, 6.07) is 8.83. The predicted molar refractivity (Wildman–Crippen MR) is 478 cm³/mol. The van der Waals surface area contributed by atoms with Gasteiger partial charge in [-0.2, -0.15) is 5.10 Å². The number of aromatic amines is 1. The molecule has 2 saturated heterocycles. The van der Waals surface area contributed by atoms with E-state index < -0.39 is 109 Å². The lowest BCUT2D eigenvalue weighted by Gasteiger charge is -2.41. The number of H-pyrrole nitrogens is 1. The largest absolute Gasteiger partial charge is 0.459 e. The lowest BCUT2D eigenvalue weighted by atomic mass is 9.80. The maximum Gasteiger partial charge on any atom is 0.323 e. The highest BCUT2D eigenvalue weighted by atomic mass is 16.6. The Morgan fingerprint density at radius 2 is 1.43 bits per heavy atom. The minimum Gasteiger partial charge on any atom is -0.459 e. The van der Waals surface area contributed by atoms with Crippen molar-refractivity contribution >= 4 is 57.2 Å². The van der Waals surface area contributed by atoms with Crippen molar-refractivity contribution in [2.45, 2.75) is 211 Å². The van der Waals surface area contributed by atoms with Crippen LogP contribution in [-0.2, 0) is 105 Å². The van der Waals surface area contributed by atoms with Crippen molar-refractivity contribution < 1.29 is 111 Å². The van der Waals surface area contributed by atoms with Crippen molar-refractivity contribution in [2.75, 3.05) is 165 Å². The van der Waals surface area contributed by atoms with Crippen molar-refractivity contribution in [2.24, 2.45) is 40.5 Å². The summed E-state index contributed by atoms with van der Waals surface area (Å²) in [6.45, 7) is 17.9. The van der Waals surface area contributed by atoms with Crippen molar-refractivity contribution in [3.63, 3.8) is 0 Å². The molecule has 5 aromatic rings. The molecule has 35 nitrogen and oxygen atoms in total. The first-order valence-corrected chi connectivity index (χ1v) is 45.5. The second-order valence-corrected chi connectivity index (χ2v) is 34.3. The third-order valence-corrected chi connectivity index (χ3v) is 24.6. The van der Waals surface area contributed by atoms with Crippen LogP contribution in [0.3, 0.4) is 0 Å². The lowest BCUT2D eigenvalue weighted by Crippen LogP contribution is -2.55. The number of ether oxygens (including phenoxy) is 13. The zero-order valence-electron chi connectivity index (χ0n) is 75.9. The molecule has 4 aliphatic heterocycles. The number of carbonyl (C=O) groups is 4. The number of hydrogen-bond donors (Lipinski definition) is 9. The topological polar surface area (TPSA) is 454 Å². The zero-order valence-corrected chi connectivity index (χ0v) is 75.9. The van der Waals surface area contributed by atoms with E-state index >= 15 is 0 Å². The molecule has 2 amide bonds. The molecular weight excluding hydrogens is 1650 g/mol. The highest BCUT2D eigenvalue weighted by Crippen LogP contribution is 2.38. The summed E-state index contributed by atoms with van der Waals surface area (Å²) in [5.41, 5.74) is 21.0. The Bertz CT molecular complexity index is 4390. The Morgan fingerprint density at radius 1 is 0.734 bits per heavy atom. The fourth-order valence-electron chi connectivity index (χ4n) is 17.0. The molecule has 8 heterocycles. The van der Waals surface area contributed by atoms with E-state index in [-0.39, 0.29) is 68.9 Å². The van der Waals surface area contributed by atoms with Gasteiger partial charge in [0.15, 0.2) is 12.3 Å². The number of pyridine rings is 1. The third-order valence-electron chi connectivity index (χ3n) is 24.6. The fourth-order valence-corrected chi connectivity index (χ4v) is 17.0. The molecule has 0 radical (unpaired) electrons. The van der Waals surface area contributed by atoms with Crippen LogP contribution in [-0.4, -0.2) is 321 Å². The molecule has 0 spiro atoms. The average molecular weight is 1790 g/mol. The second-order valence-electron chi connectivity index (χ2n) is 34.3. The van der Waals surface area contributed by atoms with Crippen LogP contribution in [0.25, 0.3) is 33.3 Å². The molecule has 0 unspecified atom stereocenters. The van der Waals surface area contributed by atoms with Gasteiger partial charge in [0.25, 0.3) is 5.91 Å². The van der Waals surface area contributed by atoms with Gasteiger partial charge in [-0.15, -0.1) is 0 Å². The highest BCUT2D eigenvalue weighted by molar-refractivity contribution is 5.99. The molecule has 128 heavy (non-hydrogen) atoms. The number of amides is 2. The number of ketones is 1. The van der Waals surface area contributed by atoms with Crippen molar-refractivity contribution in [3.8, 4) is 11.3 Å². The Morgan fingerprint density at radius 3 is 2.12 bits per heavy atom. The van der Waals surface area contributed by atoms with Gasteiger partial charge in [0.05, 0.1) is 160 Å². The number of aromatic nitrogens is 6. The number of aliphatic hydroxyl groups excluding tert-OH is 4. The van der Waals surface area contributed by atoms with Crippen molar-refractivity contribution in [3.05, 3.63) is 113 Å². The van der Waals surface area contributed by atoms with Crippen LogP contribution in [0, 0.1) is 29.6 Å². The monoisotopic (exact) mass is 1790 g/mol. The minimum absolute atomic E-state index is 0.0251. The third kappa shape index (κ3) is 31.4. The molecule has 1 saturated carbocycles. The van der Waals surface area contributed by atoms with Gasteiger partial charge in [0, 0.05) is 100 Å². The highest BCUT2D eigenvalue weighted by Gasteiger charge is 2.48. The molecule has 2 bridgehead atoms. The molecule has 5 aliphatic rings. The first-order valence-electron chi connectivity index (χ1n) is 45.5. The van der Waals surface area contributed by atoms with Crippen LogP contribution in [0.2, 0.25) is 0 Å². The molecule has 10 rings (SSSR count). The van der Waals surface area contributed by atoms with E-state index in [1.54, 1.807) is 47.3 Å². The number of nitrogens with two attached hydrogens (primary N) is 2. The number of oxime groups is 1. The number of anilines is 1. The standard InChI is InChI=1S/C93H140N12O23/c1-61-14-10-9-11-15-62(2)78(115-7)52-73-21-17-66(6)93(114,128-73)81(108)57-125-60-104-28-13-12-16-75(104)92(113)127-79(74(94)49-67-19-22-76(106)80(50-67)116-8)53-77(107)63(3)47-65(5)87(111)88(112)85(64(4)46-61)102-126-58-82(109)96-27-31-118-33-35-120-37-39-122-41-43-124-45-44-123-42-40-121-38-36-119-34-32-117-30-25-83(110)103-29-24-69-48-68(18-20-71(69)56-103)55-105-91-84(89(95)99-59-100-91)86(101-105)72-51-70-23-26-97-90(70)98-54-72/h9-11,14-15,18,20,23,26,47-48,51,54,59,61,63-64,66-67,73-80,87-88,106-107,111-112,114H,12-13,16-17,19,21-22,24-25,27-46,49-50,52-53,55-58,60,94H2,1-8H3,(H,96,109)(H,97,98)(H2,95,99,100)/b11-9+,14-10+,62-15?,65-47+,102-85+/t61-,63-,64-,66-,67+,73+,74-,75+,76-,77-,78+,79+,80-,87-,88+,93-/m1/s1. The quantitative estimate of drug-likeness (QED) is 0.00849. The summed E-state index contributed by atoms with van der Waals surface area (Å²) in [5.74, 6) is -5.12. The van der Waals surface area contributed by atoms with Crippen molar-refractivity contribution in [1.29, 1.82) is 0 Å². The number of allylic oxidation sites excluding steroid dienone is 5. The number of rotatable bonds is 38. The van der Waals surface area contributed by atoms with E-state index in [9.17, 15) is 44.7 Å². The predicted octanol–water partition coefficient (Wildman–Crippen LogP) is 6.80. The number of piperidine rings is 1. The Hall–Kier alpha value is -7.99. The lowest BCUT2D eigenvalue weighted by molar-refractivity contribution is -0.268. The molecule has 11 N–H and O–H groups in total. The van der Waals surface area contributed by atoms with Crippen LogP contribution in [0.4, 0.5) is 5.82 Å². The van der Waals surface area contributed by atoms with Gasteiger partial charge in [-0.25, -0.2) is 19.6 Å². The summed E-state index contributed by atoms with van der Waals surface area (Å²) in [4.78, 5) is 80.5. The molecule has 3 fully saturated rings. The van der Waals surface area contributed by atoms with Gasteiger partial charge in [-0.3, -0.25) is 24.1 Å². The Labute approximate surface area is 751 Å². The van der Waals surface area contributed by atoms with E-state index in [0.29, 0.717) is 205 Å².